The van der Waals surface area contributed by atoms with E-state index in [9.17, 15) is 14.4 Å². The Labute approximate surface area is 90.0 Å². The van der Waals surface area contributed by atoms with Gasteiger partial charge in [-0.25, -0.2) is 4.79 Å². The predicted molar refractivity (Wildman–Crippen MR) is 50.5 cm³/mol. The minimum atomic E-state index is -1.06. The monoisotopic (exact) mass is 221 g/mol. The van der Waals surface area contributed by atoms with E-state index in [1.54, 1.807) is 12.1 Å². The summed E-state index contributed by atoms with van der Waals surface area (Å²) in [7, 11) is 0. The van der Waals surface area contributed by atoms with Gasteiger partial charge in [0.1, 0.15) is 6.54 Å². The van der Waals surface area contributed by atoms with Gasteiger partial charge in [0.05, 0.1) is 11.1 Å². The molecule has 1 heterocycles. The van der Waals surface area contributed by atoms with E-state index in [1.807, 2.05) is 0 Å². The molecule has 0 spiro atoms. The maximum Gasteiger partial charge on any atom is 0.361 e. The Morgan fingerprint density at radius 3 is 2.12 bits per heavy atom. The zero-order chi connectivity index (χ0) is 11.7. The minimum absolute atomic E-state index is 0.248. The maximum atomic E-state index is 11.7. The first-order chi connectivity index (χ1) is 7.65. The van der Waals surface area contributed by atoms with Gasteiger partial charge in [0.15, 0.2) is 0 Å². The predicted octanol–water partition coefficient (Wildman–Crippen LogP) is 0.299. The van der Waals surface area contributed by atoms with Crippen LogP contribution in [0, 0.1) is 0 Å². The van der Waals surface area contributed by atoms with Crippen LogP contribution in [0.2, 0.25) is 0 Å². The van der Waals surface area contributed by atoms with Crippen molar-refractivity contribution in [3.63, 3.8) is 0 Å². The molecule has 2 rings (SSSR count). The molecule has 0 aliphatic carbocycles. The molecule has 0 fully saturated rings. The summed E-state index contributed by atoms with van der Waals surface area (Å²) in [5.74, 6) is -2.19. The molecule has 16 heavy (non-hydrogen) atoms. The van der Waals surface area contributed by atoms with Gasteiger partial charge in [-0.1, -0.05) is 12.1 Å². The molecule has 1 aromatic carbocycles. The Morgan fingerprint density at radius 2 is 1.69 bits per heavy atom. The smallest absolute Gasteiger partial charge is 0.299 e. The van der Waals surface area contributed by atoms with Gasteiger partial charge in [0.2, 0.25) is 0 Å². The maximum absolute atomic E-state index is 11.7. The lowest BCUT2D eigenvalue weighted by Gasteiger charge is -2.10. The van der Waals surface area contributed by atoms with Crippen LogP contribution in [0.4, 0.5) is 0 Å². The summed E-state index contributed by atoms with van der Waals surface area (Å²) in [6, 6.07) is 6.25. The average Bonchev–Trinajstić information content (AvgIpc) is 2.55. The number of amides is 2. The molecule has 0 saturated heterocycles. The van der Waals surface area contributed by atoms with E-state index in [0.717, 1.165) is 4.90 Å². The topological polar surface area (TPSA) is 83.9 Å². The third kappa shape index (κ3) is 1.45. The number of carbonyl (C=O) groups excluding carboxylic acids is 3. The second-order valence-corrected chi connectivity index (χ2v) is 3.21. The molecule has 0 atom stereocenters. The van der Waals surface area contributed by atoms with Crippen molar-refractivity contribution in [2.75, 3.05) is 6.54 Å². The van der Waals surface area contributed by atoms with Crippen LogP contribution in [-0.4, -0.2) is 34.5 Å². The molecular weight excluding hydrogens is 214 g/mol. The van der Waals surface area contributed by atoms with E-state index < -0.39 is 24.3 Å². The fourth-order valence-corrected chi connectivity index (χ4v) is 1.54. The quantitative estimate of drug-likeness (QED) is 0.441. The molecule has 0 unspecified atom stereocenters. The van der Waals surface area contributed by atoms with Crippen LogP contribution < -0.4 is 0 Å². The largest absolute Gasteiger partial charge is 0.361 e. The van der Waals surface area contributed by atoms with Crippen LogP contribution in [0.15, 0.2) is 24.3 Å². The Morgan fingerprint density at radius 1 is 1.19 bits per heavy atom. The average molecular weight is 221 g/mol. The van der Waals surface area contributed by atoms with Gasteiger partial charge < -0.3 is 0 Å². The molecule has 6 nitrogen and oxygen atoms in total. The molecule has 0 bridgehead atoms. The first-order valence-electron chi connectivity index (χ1n) is 4.44. The van der Waals surface area contributed by atoms with Crippen molar-refractivity contribution in [1.82, 2.24) is 4.90 Å². The normalized spacial score (nSPS) is 13.9. The molecule has 0 saturated carbocycles. The molecule has 82 valence electrons. The summed E-state index contributed by atoms with van der Waals surface area (Å²) >= 11 is 0. The molecule has 2 amide bonds. The summed E-state index contributed by atoms with van der Waals surface area (Å²) in [6.07, 6.45) is 0. The van der Waals surface area contributed by atoms with Crippen molar-refractivity contribution in [3.05, 3.63) is 35.4 Å². The molecule has 1 aliphatic rings. The van der Waals surface area contributed by atoms with Gasteiger partial charge >= 0.3 is 5.97 Å². The highest BCUT2D eigenvalue weighted by Crippen LogP contribution is 2.21. The van der Waals surface area contributed by atoms with Gasteiger partial charge in [-0.3, -0.25) is 19.4 Å². The SMILES string of the molecule is O=C(CN1C(=O)c2ccccc2C1=O)OO. The third-order valence-electron chi connectivity index (χ3n) is 2.27. The van der Waals surface area contributed by atoms with Crippen molar-refractivity contribution >= 4 is 17.8 Å². The van der Waals surface area contributed by atoms with E-state index in [-0.39, 0.29) is 11.1 Å². The molecule has 1 N–H and O–H groups in total. The number of benzene rings is 1. The van der Waals surface area contributed by atoms with Crippen molar-refractivity contribution < 1.29 is 24.5 Å². The molecule has 0 aromatic heterocycles. The highest BCUT2D eigenvalue weighted by molar-refractivity contribution is 6.22. The van der Waals surface area contributed by atoms with Crippen LogP contribution in [0.25, 0.3) is 0 Å². The number of hydrogen-bond donors (Lipinski definition) is 1. The Balaban J connectivity index is 2.32. The number of imide groups is 1. The summed E-state index contributed by atoms with van der Waals surface area (Å²) in [4.78, 5) is 38.3. The van der Waals surface area contributed by atoms with Crippen LogP contribution in [0.1, 0.15) is 20.7 Å². The van der Waals surface area contributed by atoms with Crippen molar-refractivity contribution in [1.29, 1.82) is 0 Å². The number of hydrogen-bond acceptors (Lipinski definition) is 5. The van der Waals surface area contributed by atoms with E-state index in [4.69, 9.17) is 5.26 Å². The van der Waals surface area contributed by atoms with Crippen LogP contribution in [0.3, 0.4) is 0 Å². The molecule has 0 radical (unpaired) electrons. The van der Waals surface area contributed by atoms with Crippen LogP contribution in [-0.2, 0) is 9.68 Å². The minimum Gasteiger partial charge on any atom is -0.299 e. The standard InChI is InChI=1S/C10H7NO5/c12-8(16-15)5-11-9(13)6-3-1-2-4-7(6)10(11)14/h1-4,15H,5H2. The second kappa shape index (κ2) is 3.74. The summed E-state index contributed by atoms with van der Waals surface area (Å²) < 4.78 is 0. The van der Waals surface area contributed by atoms with Crippen molar-refractivity contribution in [2.45, 2.75) is 0 Å². The number of fused-ring (bicyclic) bond motifs is 1. The van der Waals surface area contributed by atoms with Crippen molar-refractivity contribution in [2.24, 2.45) is 0 Å². The summed E-state index contributed by atoms with van der Waals surface area (Å²) in [5, 5.41) is 8.09. The van der Waals surface area contributed by atoms with Crippen LogP contribution in [0.5, 0.6) is 0 Å². The lowest BCUT2D eigenvalue weighted by atomic mass is 10.1. The van der Waals surface area contributed by atoms with E-state index >= 15 is 0 Å². The second-order valence-electron chi connectivity index (χ2n) is 3.21. The summed E-state index contributed by atoms with van der Waals surface area (Å²) in [5.41, 5.74) is 0.497. The molecule has 6 heteroatoms. The Bertz CT molecular complexity index is 447. The third-order valence-corrected chi connectivity index (χ3v) is 2.27. The fraction of sp³-hybridized carbons (Fsp3) is 0.100. The molecule has 1 aliphatic heterocycles. The molecule has 1 aromatic rings. The van der Waals surface area contributed by atoms with Gasteiger partial charge in [-0.15, -0.1) is 0 Å². The first-order valence-corrected chi connectivity index (χ1v) is 4.44. The highest BCUT2D eigenvalue weighted by Gasteiger charge is 2.36. The van der Waals surface area contributed by atoms with Gasteiger partial charge in [-0.05, 0) is 12.1 Å². The Kier molecular flexibility index (Phi) is 2.41. The van der Waals surface area contributed by atoms with Gasteiger partial charge in [0.25, 0.3) is 11.8 Å². The highest BCUT2D eigenvalue weighted by atomic mass is 17.1. The number of nitrogens with zero attached hydrogens (tertiary/aromatic N) is 1. The zero-order valence-corrected chi connectivity index (χ0v) is 8.04. The number of rotatable bonds is 2. The van der Waals surface area contributed by atoms with E-state index in [0.29, 0.717) is 0 Å². The zero-order valence-electron chi connectivity index (χ0n) is 8.04. The summed E-state index contributed by atoms with van der Waals surface area (Å²) in [6.45, 7) is -0.594. The van der Waals surface area contributed by atoms with Gasteiger partial charge in [-0.2, -0.15) is 5.26 Å². The number of carbonyl (C=O) groups is 3. The van der Waals surface area contributed by atoms with Crippen LogP contribution >= 0.6 is 0 Å². The lowest BCUT2D eigenvalue weighted by molar-refractivity contribution is -0.234. The van der Waals surface area contributed by atoms with E-state index in [1.165, 1.54) is 12.1 Å². The Hall–Kier alpha value is -2.21. The van der Waals surface area contributed by atoms with E-state index in [2.05, 4.69) is 4.89 Å². The first kappa shape index (κ1) is 10.3. The lowest BCUT2D eigenvalue weighted by Crippen LogP contribution is -2.35. The van der Waals surface area contributed by atoms with Crippen molar-refractivity contribution in [3.8, 4) is 0 Å². The van der Waals surface area contributed by atoms with Gasteiger partial charge in [0, 0.05) is 0 Å². The molecular formula is C10H7NO5. The fourth-order valence-electron chi connectivity index (χ4n) is 1.54.